The highest BCUT2D eigenvalue weighted by molar-refractivity contribution is 7.98. The maximum Gasteiger partial charge on any atom is 0.173 e. The summed E-state index contributed by atoms with van der Waals surface area (Å²) in [5, 5.41) is 12.3. The van der Waals surface area contributed by atoms with Crippen LogP contribution in [-0.4, -0.2) is 33.4 Å². The van der Waals surface area contributed by atoms with Crippen LogP contribution < -0.4 is 10.6 Å². The highest BCUT2D eigenvalue weighted by Crippen LogP contribution is 2.31. The molecule has 0 atom stereocenters. The average Bonchev–Trinajstić information content (AvgIpc) is 3.00. The number of rotatable bonds is 3. The highest BCUT2D eigenvalue weighted by atomic mass is 32.2. The number of amidine groups is 1. The minimum absolute atomic E-state index is 0.142. The van der Waals surface area contributed by atoms with Crippen LogP contribution in [0.25, 0.3) is 0 Å². The first-order chi connectivity index (χ1) is 10.2. The van der Waals surface area contributed by atoms with Crippen molar-refractivity contribution in [3.8, 4) is 0 Å². The average molecular weight is 303 g/mol. The first kappa shape index (κ1) is 13.8. The predicted molar refractivity (Wildman–Crippen MR) is 84.0 cm³/mol. The fraction of sp³-hybridized carbons (Fsp3) is 0.286. The van der Waals surface area contributed by atoms with Crippen LogP contribution >= 0.6 is 11.8 Å². The van der Waals surface area contributed by atoms with Crippen molar-refractivity contribution in [1.29, 1.82) is 0 Å². The van der Waals surface area contributed by atoms with Crippen molar-refractivity contribution in [3.63, 3.8) is 0 Å². The summed E-state index contributed by atoms with van der Waals surface area (Å²) in [7, 11) is 0. The van der Waals surface area contributed by atoms with Crippen molar-refractivity contribution in [2.75, 3.05) is 17.7 Å². The molecule has 0 amide bonds. The van der Waals surface area contributed by atoms with E-state index in [1.165, 1.54) is 0 Å². The van der Waals surface area contributed by atoms with Crippen LogP contribution in [0.2, 0.25) is 0 Å². The van der Waals surface area contributed by atoms with Gasteiger partial charge in [-0.2, -0.15) is 0 Å². The second kappa shape index (κ2) is 5.69. The number of oxime groups is 1. The van der Waals surface area contributed by atoms with Crippen LogP contribution in [-0.2, 0) is 13.1 Å². The molecule has 2 aromatic rings. The first-order valence-corrected chi connectivity index (χ1v) is 7.87. The Bertz CT molecular complexity index is 682. The number of fused-ring (bicyclic) bond motifs is 1. The number of nitrogens with zero attached hydrogens (tertiary/aromatic N) is 4. The Labute approximate surface area is 127 Å². The molecule has 1 aliphatic rings. The van der Waals surface area contributed by atoms with Gasteiger partial charge in [0.15, 0.2) is 5.84 Å². The molecule has 3 N–H and O–H groups in total. The zero-order valence-corrected chi connectivity index (χ0v) is 12.5. The van der Waals surface area contributed by atoms with E-state index in [1.807, 2.05) is 36.8 Å². The van der Waals surface area contributed by atoms with Crippen LogP contribution in [0.4, 0.5) is 5.69 Å². The molecule has 0 saturated heterocycles. The second-order valence-electron chi connectivity index (χ2n) is 4.80. The molecule has 0 spiro atoms. The summed E-state index contributed by atoms with van der Waals surface area (Å²) in [6.07, 6.45) is 5.80. The van der Waals surface area contributed by atoms with E-state index in [0.717, 1.165) is 41.6 Å². The van der Waals surface area contributed by atoms with Gasteiger partial charge in [-0.3, -0.25) is 0 Å². The first-order valence-electron chi connectivity index (χ1n) is 6.64. The number of thioether (sulfide) groups is 1. The van der Waals surface area contributed by atoms with Crippen molar-refractivity contribution in [2.24, 2.45) is 10.9 Å². The van der Waals surface area contributed by atoms with Crippen LogP contribution in [0.3, 0.4) is 0 Å². The maximum absolute atomic E-state index is 9.07. The summed E-state index contributed by atoms with van der Waals surface area (Å²) in [5.74, 6) is 1.17. The quantitative estimate of drug-likeness (QED) is 0.297. The summed E-state index contributed by atoms with van der Waals surface area (Å²) < 4.78 is 2.15. The number of hydrogen-bond donors (Lipinski definition) is 2. The number of hydrogen-bond acceptors (Lipinski definition) is 5. The van der Waals surface area contributed by atoms with Gasteiger partial charge < -0.3 is 20.4 Å². The lowest BCUT2D eigenvalue weighted by molar-refractivity contribution is 0.318. The fourth-order valence-corrected chi connectivity index (χ4v) is 3.27. The second-order valence-corrected chi connectivity index (χ2v) is 5.65. The van der Waals surface area contributed by atoms with Gasteiger partial charge in [-0.15, -0.1) is 11.8 Å². The molecular weight excluding hydrogens is 286 g/mol. The number of aromatic nitrogens is 2. The lowest BCUT2D eigenvalue weighted by Crippen LogP contribution is -2.35. The molecule has 7 heteroatoms. The third kappa shape index (κ3) is 2.44. The Morgan fingerprint density at radius 2 is 2.29 bits per heavy atom. The molecule has 0 saturated carbocycles. The lowest BCUT2D eigenvalue weighted by atomic mass is 10.1. The zero-order chi connectivity index (χ0) is 14.8. The van der Waals surface area contributed by atoms with Crippen molar-refractivity contribution in [2.45, 2.75) is 18.0 Å². The lowest BCUT2D eigenvalue weighted by Gasteiger charge is -2.31. The van der Waals surface area contributed by atoms with E-state index in [-0.39, 0.29) is 5.84 Å². The fourth-order valence-electron chi connectivity index (χ4n) is 2.64. The van der Waals surface area contributed by atoms with Gasteiger partial charge in [0.05, 0.1) is 12.1 Å². The topological polar surface area (TPSA) is 79.7 Å². The molecule has 6 nitrogen and oxygen atoms in total. The van der Waals surface area contributed by atoms with E-state index >= 15 is 0 Å². The van der Waals surface area contributed by atoms with Gasteiger partial charge >= 0.3 is 0 Å². The molecule has 3 rings (SSSR count). The Morgan fingerprint density at radius 1 is 1.43 bits per heavy atom. The van der Waals surface area contributed by atoms with Crippen LogP contribution in [0.1, 0.15) is 11.4 Å². The largest absolute Gasteiger partial charge is 0.409 e. The van der Waals surface area contributed by atoms with E-state index < -0.39 is 0 Å². The minimum Gasteiger partial charge on any atom is -0.409 e. The van der Waals surface area contributed by atoms with Gasteiger partial charge in [-0.25, -0.2) is 4.98 Å². The van der Waals surface area contributed by atoms with Crippen LogP contribution in [0.15, 0.2) is 40.6 Å². The summed E-state index contributed by atoms with van der Waals surface area (Å²) >= 11 is 1.59. The summed E-state index contributed by atoms with van der Waals surface area (Å²) in [4.78, 5) is 7.59. The molecule has 0 aliphatic carbocycles. The molecule has 1 aliphatic heterocycles. The number of nitrogens with two attached hydrogens (primary N) is 1. The third-order valence-corrected chi connectivity index (χ3v) is 4.45. The van der Waals surface area contributed by atoms with Gasteiger partial charge in [0, 0.05) is 36.1 Å². The molecule has 21 heavy (non-hydrogen) atoms. The van der Waals surface area contributed by atoms with E-state index in [1.54, 1.807) is 11.8 Å². The maximum atomic E-state index is 9.07. The Balaban J connectivity index is 2.03. The van der Waals surface area contributed by atoms with Crippen LogP contribution in [0, 0.1) is 0 Å². The summed E-state index contributed by atoms with van der Waals surface area (Å²) in [6, 6.07) is 5.98. The summed E-state index contributed by atoms with van der Waals surface area (Å²) in [5.41, 5.74) is 7.65. The molecule has 0 fully saturated rings. The SMILES string of the molecule is CSc1cccc(N2CCn3ccnc3C2)c1/C(N)=N/O. The van der Waals surface area contributed by atoms with Crippen molar-refractivity contribution < 1.29 is 5.21 Å². The van der Waals surface area contributed by atoms with Gasteiger partial charge in [-0.1, -0.05) is 11.2 Å². The standard InChI is InChI=1S/C14H17N5OS/c1-21-11-4-2-3-10(13(11)14(15)17-20)19-8-7-18-6-5-16-12(18)9-19/h2-6,20H,7-9H2,1H3,(H2,15,17). The third-order valence-electron chi connectivity index (χ3n) is 3.67. The van der Waals surface area contributed by atoms with Gasteiger partial charge in [0.1, 0.15) is 5.82 Å². The number of imidazole rings is 1. The molecule has 110 valence electrons. The van der Waals surface area contributed by atoms with Crippen molar-refractivity contribution >= 4 is 23.3 Å². The minimum atomic E-state index is 0.142. The molecule has 2 heterocycles. The Hall–Kier alpha value is -2.15. The monoisotopic (exact) mass is 303 g/mol. The number of benzene rings is 1. The van der Waals surface area contributed by atoms with Crippen molar-refractivity contribution in [1.82, 2.24) is 9.55 Å². The van der Waals surface area contributed by atoms with Crippen molar-refractivity contribution in [3.05, 3.63) is 42.0 Å². The van der Waals surface area contributed by atoms with Gasteiger partial charge in [0.25, 0.3) is 0 Å². The molecule has 1 aromatic heterocycles. The van der Waals surface area contributed by atoms with E-state index in [2.05, 4.69) is 19.6 Å². The van der Waals surface area contributed by atoms with E-state index in [0.29, 0.717) is 0 Å². The molecule has 0 unspecified atom stereocenters. The number of anilines is 1. The van der Waals surface area contributed by atoms with Gasteiger partial charge in [-0.05, 0) is 18.4 Å². The normalized spacial score (nSPS) is 15.1. The smallest absolute Gasteiger partial charge is 0.173 e. The van der Waals surface area contributed by atoms with E-state index in [9.17, 15) is 0 Å². The Morgan fingerprint density at radius 3 is 3.05 bits per heavy atom. The van der Waals surface area contributed by atoms with Gasteiger partial charge in [0.2, 0.25) is 0 Å². The Kier molecular flexibility index (Phi) is 3.74. The highest BCUT2D eigenvalue weighted by Gasteiger charge is 2.22. The van der Waals surface area contributed by atoms with Crippen LogP contribution in [0.5, 0.6) is 0 Å². The molecule has 0 radical (unpaired) electrons. The molecular formula is C14H17N5OS. The molecule has 1 aromatic carbocycles. The summed E-state index contributed by atoms with van der Waals surface area (Å²) in [6.45, 7) is 2.47. The molecule has 0 bridgehead atoms. The predicted octanol–water partition coefficient (Wildman–Crippen LogP) is 1.72. The van der Waals surface area contributed by atoms with E-state index in [4.69, 9.17) is 10.9 Å². The zero-order valence-electron chi connectivity index (χ0n) is 11.7.